The van der Waals surface area contributed by atoms with Crippen molar-refractivity contribution in [2.45, 2.75) is 39.4 Å². The Bertz CT molecular complexity index is 429. The summed E-state index contributed by atoms with van der Waals surface area (Å²) in [6, 6.07) is 0.105. The van der Waals surface area contributed by atoms with Crippen LogP contribution in [0.2, 0.25) is 0 Å². The average Bonchev–Trinajstić information content (AvgIpc) is 2.75. The van der Waals surface area contributed by atoms with Crippen LogP contribution in [0.15, 0.2) is 6.20 Å². The molecule has 1 rings (SSSR count). The van der Waals surface area contributed by atoms with Crippen LogP contribution in [-0.4, -0.2) is 39.4 Å². The second-order valence-corrected chi connectivity index (χ2v) is 4.43. The number of aromatic nitrogens is 3. The van der Waals surface area contributed by atoms with Crippen molar-refractivity contribution < 1.29 is 9.59 Å². The number of carbonyl (C=O) groups excluding carboxylic acids is 2. The van der Waals surface area contributed by atoms with Gasteiger partial charge in [-0.25, -0.2) is 4.68 Å². The monoisotopic (exact) mass is 268 g/mol. The first kappa shape index (κ1) is 15.1. The summed E-state index contributed by atoms with van der Waals surface area (Å²) in [6.07, 6.45) is 1.88. The molecular weight excluding hydrogens is 248 g/mol. The fraction of sp³-hybridized carbons (Fsp3) is 0.636. The highest BCUT2D eigenvalue weighted by Gasteiger charge is 2.07. The highest BCUT2D eigenvalue weighted by Crippen LogP contribution is 1.90. The predicted molar refractivity (Wildman–Crippen MR) is 68.8 cm³/mol. The lowest BCUT2D eigenvalue weighted by atomic mass is 10.3. The fourth-order valence-corrected chi connectivity index (χ4v) is 1.42. The molecule has 1 aromatic heterocycles. The number of nitrogens with zero attached hydrogens (tertiary/aromatic N) is 3. The maximum atomic E-state index is 11.6. The van der Waals surface area contributed by atoms with Crippen LogP contribution in [0.5, 0.6) is 0 Å². The molecule has 0 saturated heterocycles. The first-order chi connectivity index (χ1) is 9.01. The van der Waals surface area contributed by atoms with Crippen LogP contribution in [0.3, 0.4) is 0 Å². The molecule has 4 N–H and O–H groups in total. The van der Waals surface area contributed by atoms with E-state index in [-0.39, 0.29) is 37.4 Å². The van der Waals surface area contributed by atoms with Crippen molar-refractivity contribution in [3.63, 3.8) is 0 Å². The SMILES string of the molecule is CC(C)NC(=O)CCNC(=O)Cn1cc(CN)nn1. The van der Waals surface area contributed by atoms with Crippen LogP contribution < -0.4 is 16.4 Å². The maximum absolute atomic E-state index is 11.6. The van der Waals surface area contributed by atoms with E-state index >= 15 is 0 Å². The maximum Gasteiger partial charge on any atom is 0.241 e. The lowest BCUT2D eigenvalue weighted by Crippen LogP contribution is -2.35. The first-order valence-corrected chi connectivity index (χ1v) is 6.16. The minimum absolute atomic E-state index is 0.0683. The fourth-order valence-electron chi connectivity index (χ4n) is 1.42. The van der Waals surface area contributed by atoms with Crippen LogP contribution >= 0.6 is 0 Å². The number of amides is 2. The lowest BCUT2D eigenvalue weighted by Gasteiger charge is -2.08. The van der Waals surface area contributed by atoms with Crippen molar-refractivity contribution >= 4 is 11.8 Å². The number of hydrogen-bond acceptors (Lipinski definition) is 5. The molecule has 106 valence electrons. The molecule has 8 nitrogen and oxygen atoms in total. The summed E-state index contributed by atoms with van der Waals surface area (Å²) in [7, 11) is 0. The largest absolute Gasteiger partial charge is 0.354 e. The molecule has 0 aromatic carbocycles. The molecule has 0 atom stereocenters. The van der Waals surface area contributed by atoms with Gasteiger partial charge in [-0.3, -0.25) is 9.59 Å². The molecule has 0 aliphatic carbocycles. The van der Waals surface area contributed by atoms with Gasteiger partial charge >= 0.3 is 0 Å². The molecule has 0 fully saturated rings. The number of rotatable bonds is 7. The second kappa shape index (κ2) is 7.47. The highest BCUT2D eigenvalue weighted by atomic mass is 16.2. The lowest BCUT2D eigenvalue weighted by molar-refractivity contribution is -0.123. The van der Waals surface area contributed by atoms with Gasteiger partial charge in [0.05, 0.1) is 11.9 Å². The van der Waals surface area contributed by atoms with E-state index in [1.54, 1.807) is 6.20 Å². The Balaban J connectivity index is 2.23. The topological polar surface area (TPSA) is 115 Å². The van der Waals surface area contributed by atoms with Gasteiger partial charge in [0, 0.05) is 25.6 Å². The summed E-state index contributed by atoms with van der Waals surface area (Å²) in [4.78, 5) is 22.9. The third kappa shape index (κ3) is 5.96. The summed E-state index contributed by atoms with van der Waals surface area (Å²) in [5.41, 5.74) is 6.02. The minimum Gasteiger partial charge on any atom is -0.354 e. The first-order valence-electron chi connectivity index (χ1n) is 6.16. The third-order valence-electron chi connectivity index (χ3n) is 2.22. The standard InChI is InChI=1S/C11H20N6O2/c1-8(2)14-10(18)3-4-13-11(19)7-17-6-9(5-12)15-16-17/h6,8H,3-5,7,12H2,1-2H3,(H,13,19)(H,14,18). The summed E-state index contributed by atoms with van der Waals surface area (Å²) in [5, 5.41) is 12.9. The Morgan fingerprint density at radius 2 is 2.16 bits per heavy atom. The van der Waals surface area contributed by atoms with Crippen molar-refractivity contribution in [2.24, 2.45) is 5.73 Å². The molecule has 0 bridgehead atoms. The van der Waals surface area contributed by atoms with E-state index in [4.69, 9.17) is 5.73 Å². The van der Waals surface area contributed by atoms with Crippen LogP contribution in [0.25, 0.3) is 0 Å². The smallest absolute Gasteiger partial charge is 0.241 e. The van der Waals surface area contributed by atoms with E-state index in [0.29, 0.717) is 12.2 Å². The zero-order valence-electron chi connectivity index (χ0n) is 11.2. The zero-order chi connectivity index (χ0) is 14.3. The zero-order valence-corrected chi connectivity index (χ0v) is 11.2. The Morgan fingerprint density at radius 1 is 1.42 bits per heavy atom. The van der Waals surface area contributed by atoms with E-state index in [2.05, 4.69) is 20.9 Å². The van der Waals surface area contributed by atoms with Gasteiger partial charge in [-0.05, 0) is 13.8 Å². The number of nitrogens with two attached hydrogens (primary N) is 1. The molecule has 0 saturated carbocycles. The summed E-state index contributed by atoms with van der Waals surface area (Å²) in [6.45, 7) is 4.43. The molecule has 0 aliphatic heterocycles. The van der Waals surface area contributed by atoms with Gasteiger partial charge in [-0.15, -0.1) is 5.10 Å². The van der Waals surface area contributed by atoms with Gasteiger partial charge in [-0.1, -0.05) is 5.21 Å². The summed E-state index contributed by atoms with van der Waals surface area (Å²) in [5.74, 6) is -0.299. The molecule has 0 unspecified atom stereocenters. The van der Waals surface area contributed by atoms with Gasteiger partial charge < -0.3 is 16.4 Å². The molecule has 8 heteroatoms. The van der Waals surface area contributed by atoms with Crippen LogP contribution in [0.4, 0.5) is 0 Å². The van der Waals surface area contributed by atoms with Crippen molar-refractivity contribution in [3.8, 4) is 0 Å². The third-order valence-corrected chi connectivity index (χ3v) is 2.22. The van der Waals surface area contributed by atoms with Gasteiger partial charge in [0.25, 0.3) is 0 Å². The normalized spacial score (nSPS) is 10.5. The van der Waals surface area contributed by atoms with E-state index in [0.717, 1.165) is 0 Å². The van der Waals surface area contributed by atoms with E-state index in [9.17, 15) is 9.59 Å². The minimum atomic E-state index is -0.217. The molecule has 1 aromatic rings. The predicted octanol–water partition coefficient (Wildman–Crippen LogP) is -1.23. The van der Waals surface area contributed by atoms with Crippen LogP contribution in [0, 0.1) is 0 Å². The van der Waals surface area contributed by atoms with E-state index in [1.165, 1.54) is 4.68 Å². The Labute approximate surface area is 111 Å². The van der Waals surface area contributed by atoms with Crippen molar-refractivity contribution in [1.29, 1.82) is 0 Å². The van der Waals surface area contributed by atoms with Gasteiger partial charge in [0.2, 0.25) is 11.8 Å². The van der Waals surface area contributed by atoms with Crippen LogP contribution in [0.1, 0.15) is 26.0 Å². The molecule has 19 heavy (non-hydrogen) atoms. The summed E-state index contributed by atoms with van der Waals surface area (Å²) >= 11 is 0. The quantitative estimate of drug-likeness (QED) is 0.572. The molecule has 0 aliphatic rings. The molecule has 2 amide bonds. The van der Waals surface area contributed by atoms with E-state index in [1.807, 2.05) is 13.8 Å². The molecule has 0 spiro atoms. The van der Waals surface area contributed by atoms with E-state index < -0.39 is 0 Å². The summed E-state index contributed by atoms with van der Waals surface area (Å²) < 4.78 is 1.41. The van der Waals surface area contributed by atoms with Crippen molar-refractivity contribution in [3.05, 3.63) is 11.9 Å². The van der Waals surface area contributed by atoms with Crippen molar-refractivity contribution in [2.75, 3.05) is 6.54 Å². The second-order valence-electron chi connectivity index (χ2n) is 4.43. The van der Waals surface area contributed by atoms with Gasteiger partial charge in [-0.2, -0.15) is 0 Å². The van der Waals surface area contributed by atoms with Gasteiger partial charge in [0.15, 0.2) is 0 Å². The van der Waals surface area contributed by atoms with Crippen molar-refractivity contribution in [1.82, 2.24) is 25.6 Å². The average molecular weight is 268 g/mol. The number of nitrogens with one attached hydrogen (secondary N) is 2. The highest BCUT2D eigenvalue weighted by molar-refractivity contribution is 5.78. The molecular formula is C11H20N6O2. The van der Waals surface area contributed by atoms with Crippen LogP contribution in [-0.2, 0) is 22.7 Å². The Hall–Kier alpha value is -1.96. The molecule has 0 radical (unpaired) electrons. The Morgan fingerprint density at radius 3 is 2.74 bits per heavy atom. The molecule has 1 heterocycles. The number of hydrogen-bond donors (Lipinski definition) is 3. The van der Waals surface area contributed by atoms with Gasteiger partial charge in [0.1, 0.15) is 6.54 Å². The Kier molecular flexibility index (Phi) is 5.94. The number of carbonyl (C=O) groups is 2.